The maximum atomic E-state index is 11.8. The molecule has 110 valence electrons. The Balaban J connectivity index is 2.62. The van der Waals surface area contributed by atoms with Gasteiger partial charge < -0.3 is 20.4 Å². The molecule has 0 aliphatic rings. The minimum atomic E-state index is -1.34. The Morgan fingerprint density at radius 1 is 1.35 bits per heavy atom. The summed E-state index contributed by atoms with van der Waals surface area (Å²) in [7, 11) is 1.53. The van der Waals surface area contributed by atoms with Crippen molar-refractivity contribution in [3.63, 3.8) is 0 Å². The fourth-order valence-electron chi connectivity index (χ4n) is 1.57. The van der Waals surface area contributed by atoms with Crippen molar-refractivity contribution in [1.82, 2.24) is 10.2 Å². The summed E-state index contributed by atoms with van der Waals surface area (Å²) in [5, 5.41) is 21.0. The Morgan fingerprint density at radius 3 is 2.35 bits per heavy atom. The van der Waals surface area contributed by atoms with Crippen LogP contribution in [-0.4, -0.2) is 46.3 Å². The first-order valence-corrected chi connectivity index (χ1v) is 6.36. The number of carboxylic acids is 1. The number of benzene rings is 1. The first-order valence-electron chi connectivity index (χ1n) is 5.98. The van der Waals surface area contributed by atoms with Gasteiger partial charge in [-0.05, 0) is 24.6 Å². The van der Waals surface area contributed by atoms with Gasteiger partial charge in [0.05, 0.1) is 6.10 Å². The monoisotopic (exact) mass is 300 g/mol. The molecular weight excluding hydrogens is 284 g/mol. The summed E-state index contributed by atoms with van der Waals surface area (Å²) < 4.78 is 0. The highest BCUT2D eigenvalue weighted by molar-refractivity contribution is 6.30. The molecule has 0 spiro atoms. The third-order valence-corrected chi connectivity index (χ3v) is 2.96. The van der Waals surface area contributed by atoms with Crippen molar-refractivity contribution >= 4 is 23.6 Å². The number of halogens is 1. The van der Waals surface area contributed by atoms with Crippen molar-refractivity contribution in [2.75, 3.05) is 7.05 Å². The number of aliphatic hydroxyl groups excluding tert-OH is 1. The molecule has 3 N–H and O–H groups in total. The van der Waals surface area contributed by atoms with Gasteiger partial charge in [-0.3, -0.25) is 0 Å². The van der Waals surface area contributed by atoms with Crippen molar-refractivity contribution in [2.24, 2.45) is 0 Å². The average Bonchev–Trinajstić information content (AvgIpc) is 2.37. The Bertz CT molecular complexity index is 476. The van der Waals surface area contributed by atoms with Gasteiger partial charge in [0.2, 0.25) is 0 Å². The SMILES string of the molecule is C[C@@H](O)[C@H](NC(=O)N(C)Cc1ccc(Cl)cc1)C(=O)O. The van der Waals surface area contributed by atoms with Gasteiger partial charge in [-0.15, -0.1) is 0 Å². The second-order valence-electron chi connectivity index (χ2n) is 4.49. The molecule has 0 aromatic heterocycles. The van der Waals surface area contributed by atoms with Crippen LogP contribution in [0.15, 0.2) is 24.3 Å². The highest BCUT2D eigenvalue weighted by Gasteiger charge is 2.26. The summed E-state index contributed by atoms with van der Waals surface area (Å²) in [6.45, 7) is 1.60. The zero-order valence-corrected chi connectivity index (χ0v) is 12.0. The van der Waals surface area contributed by atoms with Crippen molar-refractivity contribution in [1.29, 1.82) is 0 Å². The highest BCUT2D eigenvalue weighted by Crippen LogP contribution is 2.11. The van der Waals surface area contributed by atoms with Crippen LogP contribution in [0.2, 0.25) is 5.02 Å². The lowest BCUT2D eigenvalue weighted by Gasteiger charge is -2.22. The van der Waals surface area contributed by atoms with Gasteiger partial charge in [0.1, 0.15) is 0 Å². The molecule has 0 saturated carbocycles. The molecule has 7 heteroatoms. The molecule has 2 amide bonds. The molecule has 0 unspecified atom stereocenters. The standard InChI is InChI=1S/C13H17ClN2O4/c1-8(17)11(12(18)19)15-13(20)16(2)7-9-3-5-10(14)6-4-9/h3-6,8,11,17H,7H2,1-2H3,(H,15,20)(H,18,19)/t8-,11+/m1/s1. The van der Waals surface area contributed by atoms with E-state index in [0.29, 0.717) is 11.6 Å². The molecule has 0 bridgehead atoms. The number of hydrogen-bond donors (Lipinski definition) is 3. The van der Waals surface area contributed by atoms with Crippen molar-refractivity contribution < 1.29 is 19.8 Å². The molecule has 0 aliphatic heterocycles. The molecule has 0 aliphatic carbocycles. The second-order valence-corrected chi connectivity index (χ2v) is 4.92. The van der Waals surface area contributed by atoms with Gasteiger partial charge in [0.25, 0.3) is 0 Å². The number of carboxylic acid groups (broad SMARTS) is 1. The summed E-state index contributed by atoms with van der Waals surface area (Å²) in [6, 6.07) is 5.05. The van der Waals surface area contributed by atoms with Gasteiger partial charge in [-0.1, -0.05) is 23.7 Å². The van der Waals surface area contributed by atoms with Crippen LogP contribution < -0.4 is 5.32 Å². The van der Waals surface area contributed by atoms with Crippen molar-refractivity contribution in [2.45, 2.75) is 25.6 Å². The number of rotatable bonds is 5. The van der Waals surface area contributed by atoms with Crippen LogP contribution in [0.25, 0.3) is 0 Å². The van der Waals surface area contributed by atoms with E-state index in [4.69, 9.17) is 16.7 Å². The topological polar surface area (TPSA) is 89.9 Å². The summed E-state index contributed by atoms with van der Waals surface area (Å²) in [5.41, 5.74) is 0.857. The second kappa shape index (κ2) is 7.12. The Kier molecular flexibility index (Phi) is 5.79. The van der Waals surface area contributed by atoms with Gasteiger partial charge >= 0.3 is 12.0 Å². The van der Waals surface area contributed by atoms with Gasteiger partial charge in [0.15, 0.2) is 6.04 Å². The van der Waals surface area contributed by atoms with Crippen LogP contribution >= 0.6 is 11.6 Å². The number of aliphatic carboxylic acids is 1. The van der Waals surface area contributed by atoms with E-state index in [2.05, 4.69) is 5.32 Å². The van der Waals surface area contributed by atoms with Gasteiger partial charge in [-0.25, -0.2) is 9.59 Å². The van der Waals surface area contributed by atoms with E-state index in [1.165, 1.54) is 18.9 Å². The number of carbonyl (C=O) groups is 2. The van der Waals surface area contributed by atoms with E-state index in [-0.39, 0.29) is 0 Å². The molecule has 20 heavy (non-hydrogen) atoms. The Morgan fingerprint density at radius 2 is 1.90 bits per heavy atom. The predicted octanol–water partition coefficient (Wildman–Crippen LogP) is 1.32. The minimum Gasteiger partial charge on any atom is -0.480 e. The van der Waals surface area contributed by atoms with Crippen molar-refractivity contribution in [3.8, 4) is 0 Å². The zero-order chi connectivity index (χ0) is 15.3. The normalized spacial score (nSPS) is 13.4. The van der Waals surface area contributed by atoms with E-state index < -0.39 is 24.1 Å². The fraction of sp³-hybridized carbons (Fsp3) is 0.385. The maximum Gasteiger partial charge on any atom is 0.328 e. The van der Waals surface area contributed by atoms with Gasteiger partial charge in [-0.2, -0.15) is 0 Å². The summed E-state index contributed by atoms with van der Waals surface area (Å²) in [4.78, 5) is 24.1. The third-order valence-electron chi connectivity index (χ3n) is 2.71. The predicted molar refractivity (Wildman–Crippen MR) is 74.6 cm³/mol. The highest BCUT2D eigenvalue weighted by atomic mass is 35.5. The zero-order valence-electron chi connectivity index (χ0n) is 11.2. The van der Waals surface area contributed by atoms with Gasteiger partial charge in [0, 0.05) is 18.6 Å². The van der Waals surface area contributed by atoms with Crippen LogP contribution in [0, 0.1) is 0 Å². The number of hydrogen-bond acceptors (Lipinski definition) is 3. The molecule has 1 aromatic rings. The van der Waals surface area contributed by atoms with E-state index in [9.17, 15) is 14.7 Å². The summed E-state index contributed by atoms with van der Waals surface area (Å²) in [6.07, 6.45) is -1.18. The first-order chi connectivity index (χ1) is 9.31. The minimum absolute atomic E-state index is 0.301. The molecule has 0 saturated heterocycles. The van der Waals surface area contributed by atoms with Crippen LogP contribution in [-0.2, 0) is 11.3 Å². The number of nitrogens with one attached hydrogen (secondary N) is 1. The molecule has 0 radical (unpaired) electrons. The number of urea groups is 1. The molecule has 2 atom stereocenters. The van der Waals surface area contributed by atoms with Crippen molar-refractivity contribution in [3.05, 3.63) is 34.9 Å². The summed E-state index contributed by atoms with van der Waals surface area (Å²) in [5.74, 6) is -1.28. The lowest BCUT2D eigenvalue weighted by Crippen LogP contribution is -2.51. The third kappa shape index (κ3) is 4.71. The largest absolute Gasteiger partial charge is 0.480 e. The van der Waals surface area contributed by atoms with E-state index >= 15 is 0 Å². The number of nitrogens with zero attached hydrogens (tertiary/aromatic N) is 1. The quantitative estimate of drug-likeness (QED) is 0.765. The molecule has 0 heterocycles. The van der Waals surface area contributed by atoms with E-state index in [0.717, 1.165) is 5.56 Å². The van der Waals surface area contributed by atoms with E-state index in [1.807, 2.05) is 0 Å². The smallest absolute Gasteiger partial charge is 0.328 e. The summed E-state index contributed by atoms with van der Waals surface area (Å²) >= 11 is 5.76. The van der Waals surface area contributed by atoms with Crippen LogP contribution in [0.3, 0.4) is 0 Å². The molecule has 1 rings (SSSR count). The fourth-order valence-corrected chi connectivity index (χ4v) is 1.69. The lowest BCUT2D eigenvalue weighted by molar-refractivity contribution is -0.141. The average molecular weight is 301 g/mol. The van der Waals surface area contributed by atoms with Crippen LogP contribution in [0.5, 0.6) is 0 Å². The number of amides is 2. The molecular formula is C13H17ClN2O4. The number of aliphatic hydroxyl groups is 1. The van der Waals surface area contributed by atoms with E-state index in [1.54, 1.807) is 24.3 Å². The maximum absolute atomic E-state index is 11.8. The molecule has 1 aromatic carbocycles. The Labute approximate surface area is 122 Å². The Hall–Kier alpha value is -1.79. The molecule has 0 fully saturated rings. The lowest BCUT2D eigenvalue weighted by atomic mass is 10.2. The first kappa shape index (κ1) is 16.3. The van der Waals surface area contributed by atoms with Crippen LogP contribution in [0.1, 0.15) is 12.5 Å². The van der Waals surface area contributed by atoms with Crippen LogP contribution in [0.4, 0.5) is 4.79 Å². The number of carbonyl (C=O) groups excluding carboxylic acids is 1. The molecule has 6 nitrogen and oxygen atoms in total.